The van der Waals surface area contributed by atoms with Crippen molar-refractivity contribution in [3.63, 3.8) is 0 Å². The van der Waals surface area contributed by atoms with Crippen LogP contribution in [0.2, 0.25) is 0 Å². The lowest BCUT2D eigenvalue weighted by molar-refractivity contribution is -0.137. The molecule has 32 heavy (non-hydrogen) atoms. The van der Waals surface area contributed by atoms with Crippen LogP contribution in [0.4, 0.5) is 18.9 Å². The van der Waals surface area contributed by atoms with Gasteiger partial charge < -0.3 is 25.0 Å². The third-order valence-electron chi connectivity index (χ3n) is 5.17. The fraction of sp³-hybridized carbons (Fsp3) is 0.409. The van der Waals surface area contributed by atoms with E-state index in [1.54, 1.807) is 27.3 Å². The molecule has 176 valence electrons. The van der Waals surface area contributed by atoms with Crippen LogP contribution in [0.5, 0.6) is 11.5 Å². The molecule has 2 aromatic carbocycles. The highest BCUT2D eigenvalue weighted by atomic mass is 127. The van der Waals surface area contributed by atoms with Crippen molar-refractivity contribution in [3.8, 4) is 11.5 Å². The summed E-state index contributed by atoms with van der Waals surface area (Å²) < 4.78 is 49.4. The lowest BCUT2D eigenvalue weighted by Crippen LogP contribution is -2.44. The van der Waals surface area contributed by atoms with Gasteiger partial charge in [-0.1, -0.05) is 12.1 Å². The van der Waals surface area contributed by atoms with Crippen molar-refractivity contribution < 1.29 is 22.6 Å². The number of hydrogen-bond acceptors (Lipinski definition) is 4. The Bertz CT molecular complexity index is 902. The Balaban J connectivity index is 0.00000363. The van der Waals surface area contributed by atoms with E-state index >= 15 is 0 Å². The van der Waals surface area contributed by atoms with E-state index in [0.29, 0.717) is 11.5 Å². The maximum atomic E-state index is 12.9. The first-order valence-electron chi connectivity index (χ1n) is 9.93. The molecule has 6 nitrogen and oxygen atoms in total. The zero-order valence-electron chi connectivity index (χ0n) is 18.2. The number of guanidine groups is 1. The van der Waals surface area contributed by atoms with Gasteiger partial charge in [-0.25, -0.2) is 0 Å². The second kappa shape index (κ2) is 11.5. The van der Waals surface area contributed by atoms with Crippen molar-refractivity contribution in [2.24, 2.45) is 4.99 Å². The third-order valence-corrected chi connectivity index (χ3v) is 5.17. The molecule has 1 atom stereocenters. The summed E-state index contributed by atoms with van der Waals surface area (Å²) in [6.07, 6.45) is -3.46. The van der Waals surface area contributed by atoms with Gasteiger partial charge in [0.1, 0.15) is 11.5 Å². The fourth-order valence-corrected chi connectivity index (χ4v) is 3.52. The Hall–Kier alpha value is -2.37. The Morgan fingerprint density at radius 1 is 1.12 bits per heavy atom. The molecule has 1 aliphatic rings. The van der Waals surface area contributed by atoms with E-state index in [4.69, 9.17) is 9.47 Å². The first-order chi connectivity index (χ1) is 14.8. The van der Waals surface area contributed by atoms with Crippen LogP contribution < -0.4 is 25.0 Å². The van der Waals surface area contributed by atoms with Crippen molar-refractivity contribution >= 4 is 35.6 Å². The molecule has 0 radical (unpaired) electrons. The molecule has 0 saturated carbocycles. The molecular weight excluding hydrogens is 536 g/mol. The lowest BCUT2D eigenvalue weighted by atomic mass is 10.1. The predicted octanol–water partition coefficient (Wildman–Crippen LogP) is 4.28. The summed E-state index contributed by atoms with van der Waals surface area (Å²) in [4.78, 5) is 6.43. The maximum absolute atomic E-state index is 12.9. The number of alkyl halides is 3. The maximum Gasteiger partial charge on any atom is 0.416 e. The van der Waals surface area contributed by atoms with Crippen LogP contribution in [0, 0.1) is 0 Å². The molecule has 1 aliphatic heterocycles. The number of rotatable bonds is 6. The number of benzene rings is 2. The quantitative estimate of drug-likeness (QED) is 0.312. The molecular formula is C22H28F3IN4O2. The zero-order chi connectivity index (χ0) is 22.4. The summed E-state index contributed by atoms with van der Waals surface area (Å²) in [5.41, 5.74) is 0.886. The van der Waals surface area contributed by atoms with E-state index in [1.165, 1.54) is 6.07 Å². The highest BCUT2D eigenvalue weighted by Crippen LogP contribution is 2.31. The highest BCUT2D eigenvalue weighted by molar-refractivity contribution is 14.0. The summed E-state index contributed by atoms with van der Waals surface area (Å²) in [7, 11) is 4.88. The minimum absolute atomic E-state index is 0. The Morgan fingerprint density at radius 3 is 2.41 bits per heavy atom. The second-order valence-corrected chi connectivity index (χ2v) is 7.27. The predicted molar refractivity (Wildman–Crippen MR) is 130 cm³/mol. The normalized spacial score (nSPS) is 16.4. The van der Waals surface area contributed by atoms with Crippen molar-refractivity contribution in [3.05, 3.63) is 53.6 Å². The van der Waals surface area contributed by atoms with Gasteiger partial charge in [-0.05, 0) is 24.1 Å². The molecule has 1 saturated heterocycles. The molecule has 0 aromatic heterocycles. The van der Waals surface area contributed by atoms with E-state index < -0.39 is 11.7 Å². The molecule has 0 amide bonds. The fourth-order valence-electron chi connectivity index (χ4n) is 3.52. The van der Waals surface area contributed by atoms with E-state index in [-0.39, 0.29) is 36.6 Å². The number of halogens is 4. The summed E-state index contributed by atoms with van der Waals surface area (Å²) in [6, 6.07) is 11.2. The standard InChI is InChI=1S/C22H27F3N4O2.HI/c1-26-21(27-13-15-5-4-6-16(9-15)22(23,24)25)28-17-7-8-29(14-17)18-10-19(30-2)12-20(11-18)31-3;/h4-6,9-12,17H,7-8,13-14H2,1-3H3,(H2,26,27,28);1H. The van der Waals surface area contributed by atoms with Gasteiger partial charge >= 0.3 is 6.18 Å². The molecule has 10 heteroatoms. The molecule has 2 N–H and O–H groups in total. The van der Waals surface area contributed by atoms with Gasteiger partial charge in [-0.2, -0.15) is 13.2 Å². The molecule has 0 aliphatic carbocycles. The summed E-state index contributed by atoms with van der Waals surface area (Å²) in [6.45, 7) is 1.84. The lowest BCUT2D eigenvalue weighted by Gasteiger charge is -2.21. The number of nitrogens with one attached hydrogen (secondary N) is 2. The average molecular weight is 564 g/mol. The number of methoxy groups -OCH3 is 2. The minimum Gasteiger partial charge on any atom is -0.497 e. The smallest absolute Gasteiger partial charge is 0.416 e. The van der Waals surface area contributed by atoms with Crippen molar-refractivity contribution in [2.45, 2.75) is 25.2 Å². The van der Waals surface area contributed by atoms with Gasteiger partial charge in [0.05, 0.1) is 19.8 Å². The van der Waals surface area contributed by atoms with Crippen LogP contribution in [-0.4, -0.2) is 46.4 Å². The molecule has 0 bridgehead atoms. The van der Waals surface area contributed by atoms with Crippen molar-refractivity contribution in [1.29, 1.82) is 0 Å². The van der Waals surface area contributed by atoms with E-state index in [1.807, 2.05) is 18.2 Å². The van der Waals surface area contributed by atoms with Gasteiger partial charge in [0, 0.05) is 56.6 Å². The van der Waals surface area contributed by atoms with Gasteiger partial charge in [0.25, 0.3) is 0 Å². The van der Waals surface area contributed by atoms with E-state index in [0.717, 1.165) is 48.8 Å². The highest BCUT2D eigenvalue weighted by Gasteiger charge is 2.30. The Morgan fingerprint density at radius 2 is 1.81 bits per heavy atom. The van der Waals surface area contributed by atoms with Crippen LogP contribution >= 0.6 is 24.0 Å². The Labute approximate surface area is 203 Å². The number of ether oxygens (including phenoxy) is 2. The van der Waals surface area contributed by atoms with Crippen LogP contribution in [0.1, 0.15) is 17.5 Å². The summed E-state index contributed by atoms with van der Waals surface area (Å²) in [5, 5.41) is 6.45. The van der Waals surface area contributed by atoms with Crippen LogP contribution in [0.3, 0.4) is 0 Å². The molecule has 1 fully saturated rings. The largest absolute Gasteiger partial charge is 0.497 e. The van der Waals surface area contributed by atoms with Crippen LogP contribution in [0.15, 0.2) is 47.5 Å². The number of anilines is 1. The molecule has 1 unspecified atom stereocenters. The molecule has 0 spiro atoms. The third kappa shape index (κ3) is 6.81. The van der Waals surface area contributed by atoms with Crippen LogP contribution in [-0.2, 0) is 12.7 Å². The SMILES string of the molecule is CN=C(NCc1cccc(C(F)(F)F)c1)NC1CCN(c2cc(OC)cc(OC)c2)C1.I. The monoisotopic (exact) mass is 564 g/mol. The van der Waals surface area contributed by atoms with Crippen molar-refractivity contribution in [1.82, 2.24) is 10.6 Å². The molecule has 3 rings (SSSR count). The van der Waals surface area contributed by atoms with E-state index in [2.05, 4.69) is 20.5 Å². The topological polar surface area (TPSA) is 58.1 Å². The number of aliphatic imine (C=N–C) groups is 1. The minimum atomic E-state index is -4.36. The van der Waals surface area contributed by atoms with Gasteiger partial charge in [0.15, 0.2) is 5.96 Å². The Kier molecular flexibility index (Phi) is 9.29. The van der Waals surface area contributed by atoms with Gasteiger partial charge in [-0.15, -0.1) is 24.0 Å². The number of nitrogens with zero attached hydrogens (tertiary/aromatic N) is 2. The van der Waals surface area contributed by atoms with E-state index in [9.17, 15) is 13.2 Å². The summed E-state index contributed by atoms with van der Waals surface area (Å²) >= 11 is 0. The average Bonchev–Trinajstić information content (AvgIpc) is 3.24. The summed E-state index contributed by atoms with van der Waals surface area (Å²) in [5.74, 6) is 2.00. The first-order valence-corrected chi connectivity index (χ1v) is 9.93. The van der Waals surface area contributed by atoms with Crippen LogP contribution in [0.25, 0.3) is 0 Å². The second-order valence-electron chi connectivity index (χ2n) is 7.27. The number of hydrogen-bond donors (Lipinski definition) is 2. The zero-order valence-corrected chi connectivity index (χ0v) is 20.5. The first kappa shape index (κ1) is 25.9. The van der Waals surface area contributed by atoms with Gasteiger partial charge in [-0.3, -0.25) is 4.99 Å². The van der Waals surface area contributed by atoms with Gasteiger partial charge in [0.2, 0.25) is 0 Å². The van der Waals surface area contributed by atoms with Crippen molar-refractivity contribution in [2.75, 3.05) is 39.3 Å². The molecule has 1 heterocycles. The molecule has 2 aromatic rings.